The van der Waals surface area contributed by atoms with Crippen LogP contribution in [0.5, 0.6) is 0 Å². The number of rotatable bonds is 2. The first-order chi connectivity index (χ1) is 5.68. The van der Waals surface area contributed by atoms with E-state index in [9.17, 15) is 5.11 Å². The van der Waals surface area contributed by atoms with Crippen molar-refractivity contribution in [3.63, 3.8) is 0 Å². The fraction of sp³-hybridized carbons (Fsp3) is 1.00. The largest absolute Gasteiger partial charge is 0.392 e. The molecule has 3 N–H and O–H groups in total. The van der Waals surface area contributed by atoms with Crippen LogP contribution in [0.3, 0.4) is 0 Å². The molecule has 0 radical (unpaired) electrons. The quantitative estimate of drug-likeness (QED) is 0.483. The van der Waals surface area contributed by atoms with Gasteiger partial charge in [0, 0.05) is 32.7 Å². The van der Waals surface area contributed by atoms with E-state index in [0.717, 1.165) is 13.1 Å². The van der Waals surface area contributed by atoms with Gasteiger partial charge in [0.1, 0.15) is 0 Å². The SMILES string of the molecule is C[C@@H](O)CN1CCNCC(O)C1. The first-order valence-corrected chi connectivity index (χ1v) is 4.47. The molecule has 1 saturated heterocycles. The van der Waals surface area contributed by atoms with Gasteiger partial charge in [0.2, 0.25) is 0 Å². The van der Waals surface area contributed by atoms with E-state index in [2.05, 4.69) is 10.2 Å². The Hall–Kier alpha value is -0.160. The molecule has 2 atom stereocenters. The number of hydrogen-bond donors (Lipinski definition) is 3. The third-order valence-electron chi connectivity index (χ3n) is 1.98. The fourth-order valence-corrected chi connectivity index (χ4v) is 1.50. The Morgan fingerprint density at radius 1 is 1.67 bits per heavy atom. The lowest BCUT2D eigenvalue weighted by Gasteiger charge is -2.22. The number of aliphatic hydroxyl groups is 2. The predicted molar refractivity (Wildman–Crippen MR) is 47.0 cm³/mol. The summed E-state index contributed by atoms with van der Waals surface area (Å²) in [5, 5.41) is 21.7. The van der Waals surface area contributed by atoms with Crippen molar-refractivity contribution in [3.05, 3.63) is 0 Å². The topological polar surface area (TPSA) is 55.7 Å². The molecule has 0 aliphatic carbocycles. The third kappa shape index (κ3) is 3.49. The van der Waals surface area contributed by atoms with Gasteiger partial charge in [-0.15, -0.1) is 0 Å². The lowest BCUT2D eigenvalue weighted by atomic mass is 10.3. The normalized spacial score (nSPS) is 29.8. The van der Waals surface area contributed by atoms with Crippen molar-refractivity contribution in [2.24, 2.45) is 0 Å². The molecule has 4 heteroatoms. The Kier molecular flexibility index (Phi) is 3.94. The minimum absolute atomic E-state index is 0.300. The van der Waals surface area contributed by atoms with Gasteiger partial charge in [-0.3, -0.25) is 4.90 Å². The predicted octanol–water partition coefficient (Wildman–Crippen LogP) is -1.37. The summed E-state index contributed by atoms with van der Waals surface area (Å²) in [6.45, 7) is 5.55. The highest BCUT2D eigenvalue weighted by Crippen LogP contribution is 1.97. The van der Waals surface area contributed by atoms with E-state index in [1.165, 1.54) is 0 Å². The highest BCUT2D eigenvalue weighted by Gasteiger charge is 2.16. The lowest BCUT2D eigenvalue weighted by molar-refractivity contribution is 0.0902. The summed E-state index contributed by atoms with van der Waals surface area (Å²) in [6.07, 6.45) is -0.610. The van der Waals surface area contributed by atoms with Gasteiger partial charge in [-0.1, -0.05) is 0 Å². The van der Waals surface area contributed by atoms with Gasteiger partial charge in [-0.25, -0.2) is 0 Å². The zero-order valence-corrected chi connectivity index (χ0v) is 7.53. The highest BCUT2D eigenvalue weighted by molar-refractivity contribution is 4.73. The molecule has 0 aromatic heterocycles. The van der Waals surface area contributed by atoms with Crippen molar-refractivity contribution in [3.8, 4) is 0 Å². The maximum atomic E-state index is 9.39. The fourth-order valence-electron chi connectivity index (χ4n) is 1.50. The third-order valence-corrected chi connectivity index (χ3v) is 1.98. The van der Waals surface area contributed by atoms with E-state index >= 15 is 0 Å². The van der Waals surface area contributed by atoms with Crippen molar-refractivity contribution < 1.29 is 10.2 Å². The van der Waals surface area contributed by atoms with E-state index < -0.39 is 0 Å². The van der Waals surface area contributed by atoms with Crippen LogP contribution in [0, 0.1) is 0 Å². The van der Waals surface area contributed by atoms with Gasteiger partial charge in [0.05, 0.1) is 12.2 Å². The van der Waals surface area contributed by atoms with E-state index in [1.54, 1.807) is 6.92 Å². The van der Waals surface area contributed by atoms with Crippen molar-refractivity contribution in [2.75, 3.05) is 32.7 Å². The van der Waals surface area contributed by atoms with Gasteiger partial charge in [-0.2, -0.15) is 0 Å². The molecular weight excluding hydrogens is 156 g/mol. The van der Waals surface area contributed by atoms with Crippen molar-refractivity contribution in [1.82, 2.24) is 10.2 Å². The molecule has 0 aromatic rings. The van der Waals surface area contributed by atoms with Gasteiger partial charge < -0.3 is 15.5 Å². The summed E-state index contributed by atoms with van der Waals surface area (Å²) < 4.78 is 0. The van der Waals surface area contributed by atoms with Gasteiger partial charge in [0.15, 0.2) is 0 Å². The van der Waals surface area contributed by atoms with Crippen LogP contribution in [0.25, 0.3) is 0 Å². The summed E-state index contributed by atoms with van der Waals surface area (Å²) in [5.41, 5.74) is 0. The molecule has 72 valence electrons. The molecule has 1 aliphatic rings. The second kappa shape index (κ2) is 4.77. The summed E-state index contributed by atoms with van der Waals surface area (Å²) in [7, 11) is 0. The van der Waals surface area contributed by atoms with Gasteiger partial charge in [0.25, 0.3) is 0 Å². The molecule has 1 unspecified atom stereocenters. The molecule has 4 nitrogen and oxygen atoms in total. The average Bonchev–Trinajstić information content (AvgIpc) is 2.12. The number of β-amino-alcohol motifs (C(OH)–C–C–N with tert-alkyl or cyclic N) is 2. The summed E-state index contributed by atoms with van der Waals surface area (Å²) >= 11 is 0. The van der Waals surface area contributed by atoms with Gasteiger partial charge in [-0.05, 0) is 6.92 Å². The van der Waals surface area contributed by atoms with E-state index in [1.807, 2.05) is 0 Å². The summed E-state index contributed by atoms with van der Waals surface area (Å²) in [6, 6.07) is 0. The molecule has 0 amide bonds. The second-order valence-corrected chi connectivity index (χ2v) is 3.47. The summed E-state index contributed by atoms with van der Waals surface area (Å²) in [4.78, 5) is 2.08. The molecule has 1 heterocycles. The molecule has 1 fully saturated rings. The van der Waals surface area contributed by atoms with Crippen molar-refractivity contribution in [2.45, 2.75) is 19.1 Å². The zero-order chi connectivity index (χ0) is 8.97. The van der Waals surface area contributed by atoms with Crippen LogP contribution < -0.4 is 5.32 Å². The molecule has 12 heavy (non-hydrogen) atoms. The summed E-state index contributed by atoms with van der Waals surface area (Å²) in [5.74, 6) is 0. The molecule has 1 aliphatic heterocycles. The van der Waals surface area contributed by atoms with Crippen LogP contribution in [-0.4, -0.2) is 60.0 Å². The van der Waals surface area contributed by atoms with E-state index in [-0.39, 0.29) is 12.2 Å². The number of hydrogen-bond acceptors (Lipinski definition) is 4. The van der Waals surface area contributed by atoms with Gasteiger partial charge >= 0.3 is 0 Å². The Morgan fingerprint density at radius 2 is 2.42 bits per heavy atom. The second-order valence-electron chi connectivity index (χ2n) is 3.47. The average molecular weight is 174 g/mol. The van der Waals surface area contributed by atoms with Crippen LogP contribution in [0.15, 0.2) is 0 Å². The monoisotopic (exact) mass is 174 g/mol. The number of aliphatic hydroxyl groups excluding tert-OH is 2. The highest BCUT2D eigenvalue weighted by atomic mass is 16.3. The maximum absolute atomic E-state index is 9.39. The van der Waals surface area contributed by atoms with Crippen LogP contribution in [0.2, 0.25) is 0 Å². The van der Waals surface area contributed by atoms with Crippen molar-refractivity contribution >= 4 is 0 Å². The number of nitrogens with one attached hydrogen (secondary N) is 1. The molecule has 0 spiro atoms. The molecule has 0 aromatic carbocycles. The van der Waals surface area contributed by atoms with Crippen molar-refractivity contribution in [1.29, 1.82) is 0 Å². The van der Waals surface area contributed by atoms with Crippen LogP contribution >= 0.6 is 0 Å². The van der Waals surface area contributed by atoms with Crippen LogP contribution in [0.1, 0.15) is 6.92 Å². The Labute approximate surface area is 73.2 Å². The first-order valence-electron chi connectivity index (χ1n) is 4.47. The minimum Gasteiger partial charge on any atom is -0.392 e. The molecular formula is C8H18N2O2. The lowest BCUT2D eigenvalue weighted by Crippen LogP contribution is -2.37. The van der Waals surface area contributed by atoms with E-state index in [0.29, 0.717) is 19.6 Å². The minimum atomic E-state index is -0.310. The Morgan fingerprint density at radius 3 is 3.08 bits per heavy atom. The molecule has 1 rings (SSSR count). The first kappa shape index (κ1) is 9.92. The smallest absolute Gasteiger partial charge is 0.0791 e. The van der Waals surface area contributed by atoms with Crippen LogP contribution in [-0.2, 0) is 0 Å². The Balaban J connectivity index is 2.31. The maximum Gasteiger partial charge on any atom is 0.0791 e. The number of nitrogens with zero attached hydrogens (tertiary/aromatic N) is 1. The Bertz CT molecular complexity index is 130. The molecule has 0 saturated carbocycles. The standard InChI is InChI=1S/C8H18N2O2/c1-7(11)5-10-3-2-9-4-8(12)6-10/h7-9,11-12H,2-6H2,1H3/t7-,8?/m1/s1. The molecule has 0 bridgehead atoms. The van der Waals surface area contributed by atoms with E-state index in [4.69, 9.17) is 5.11 Å². The zero-order valence-electron chi connectivity index (χ0n) is 7.53. The van der Waals surface area contributed by atoms with Crippen LogP contribution in [0.4, 0.5) is 0 Å².